The molecule has 5 nitrogen and oxygen atoms in total. The second-order valence-electron chi connectivity index (χ2n) is 5.18. The molecule has 1 amide bonds. The number of halogens is 1. The Morgan fingerprint density at radius 1 is 1.22 bits per heavy atom. The maximum Gasteiger partial charge on any atom is 0.267 e. The lowest BCUT2D eigenvalue weighted by Gasteiger charge is -2.16. The minimum Gasteiger partial charge on any atom is -0.384 e. The highest BCUT2D eigenvalue weighted by Gasteiger charge is 2.24. The van der Waals surface area contributed by atoms with Gasteiger partial charge in [-0.2, -0.15) is 0 Å². The number of hydrogen-bond acceptors (Lipinski definition) is 3. The highest BCUT2D eigenvalue weighted by Crippen LogP contribution is 2.27. The van der Waals surface area contributed by atoms with Gasteiger partial charge in [-0.1, -0.05) is 35.0 Å². The first kappa shape index (κ1) is 15.4. The van der Waals surface area contributed by atoms with Gasteiger partial charge in [0.25, 0.3) is 5.91 Å². The third-order valence-corrected chi connectivity index (χ3v) is 3.93. The minimum absolute atomic E-state index is 0.136. The van der Waals surface area contributed by atoms with E-state index in [1.54, 1.807) is 29.2 Å². The molecule has 0 fully saturated rings. The lowest BCUT2D eigenvalue weighted by molar-refractivity contribution is -0.122. The van der Waals surface area contributed by atoms with E-state index in [1.165, 1.54) is 5.56 Å². The maximum absolute atomic E-state index is 12.2. The molecule has 1 aliphatic heterocycles. The number of rotatable bonds is 4. The molecule has 23 heavy (non-hydrogen) atoms. The molecule has 0 atom stereocenters. The summed E-state index contributed by atoms with van der Waals surface area (Å²) in [5, 5.41) is 4.41. The Bertz CT molecular complexity index is 744. The molecule has 0 spiro atoms. The van der Waals surface area contributed by atoms with Crippen LogP contribution in [-0.4, -0.2) is 24.9 Å². The lowest BCUT2D eigenvalue weighted by atomic mass is 10.2. The van der Waals surface area contributed by atoms with Crippen molar-refractivity contribution in [1.29, 1.82) is 0 Å². The van der Waals surface area contributed by atoms with E-state index in [-0.39, 0.29) is 18.3 Å². The Balaban J connectivity index is 1.59. The van der Waals surface area contributed by atoms with E-state index in [1.807, 2.05) is 24.3 Å². The van der Waals surface area contributed by atoms with Crippen molar-refractivity contribution < 1.29 is 9.63 Å². The van der Waals surface area contributed by atoms with Gasteiger partial charge in [-0.3, -0.25) is 4.79 Å². The molecular formula is C17H16ClN3O2. The van der Waals surface area contributed by atoms with Crippen molar-refractivity contribution in [1.82, 2.24) is 0 Å². The van der Waals surface area contributed by atoms with E-state index < -0.39 is 0 Å². The molecule has 118 valence electrons. The van der Waals surface area contributed by atoms with Gasteiger partial charge in [0.15, 0.2) is 12.4 Å². The van der Waals surface area contributed by atoms with Crippen LogP contribution in [0.15, 0.2) is 53.7 Å². The summed E-state index contributed by atoms with van der Waals surface area (Å²) in [4.78, 5) is 19.1. The summed E-state index contributed by atoms with van der Waals surface area (Å²) in [5.41, 5.74) is 8.62. The summed E-state index contributed by atoms with van der Waals surface area (Å²) in [5.74, 6) is 0.0684. The van der Waals surface area contributed by atoms with Gasteiger partial charge in [-0.05, 0) is 42.3 Å². The number of carbonyl (C=O) groups excluding carboxylic acids is 1. The highest BCUT2D eigenvalue weighted by atomic mass is 35.5. The summed E-state index contributed by atoms with van der Waals surface area (Å²) >= 11 is 5.81. The van der Waals surface area contributed by atoms with Crippen LogP contribution in [0.25, 0.3) is 0 Å². The van der Waals surface area contributed by atoms with E-state index >= 15 is 0 Å². The van der Waals surface area contributed by atoms with E-state index in [2.05, 4.69) is 5.16 Å². The number of nitrogens with two attached hydrogens (primary N) is 1. The first-order valence-electron chi connectivity index (χ1n) is 7.25. The van der Waals surface area contributed by atoms with Gasteiger partial charge in [0.05, 0.1) is 0 Å². The van der Waals surface area contributed by atoms with Crippen LogP contribution in [0.5, 0.6) is 0 Å². The zero-order chi connectivity index (χ0) is 16.2. The second kappa shape index (κ2) is 6.71. The zero-order valence-electron chi connectivity index (χ0n) is 12.4. The Morgan fingerprint density at radius 3 is 2.74 bits per heavy atom. The first-order chi connectivity index (χ1) is 11.1. The molecule has 0 unspecified atom stereocenters. The normalized spacial score (nSPS) is 13.8. The quantitative estimate of drug-likeness (QED) is 0.532. The number of fused-ring (bicyclic) bond motifs is 1. The molecule has 1 heterocycles. The SMILES string of the molecule is N/C(=N/OCC(=O)N1CCc2ccccc21)c1ccc(Cl)cc1. The van der Waals surface area contributed by atoms with Gasteiger partial charge in [-0.25, -0.2) is 0 Å². The van der Waals surface area contributed by atoms with Crippen molar-refractivity contribution in [3.63, 3.8) is 0 Å². The van der Waals surface area contributed by atoms with Crippen molar-refractivity contribution in [3.05, 3.63) is 64.7 Å². The van der Waals surface area contributed by atoms with Crippen molar-refractivity contribution in [2.24, 2.45) is 10.9 Å². The van der Waals surface area contributed by atoms with Gasteiger partial charge in [0, 0.05) is 22.8 Å². The van der Waals surface area contributed by atoms with Crippen molar-refractivity contribution in [2.45, 2.75) is 6.42 Å². The molecule has 6 heteroatoms. The van der Waals surface area contributed by atoms with Gasteiger partial charge < -0.3 is 15.5 Å². The van der Waals surface area contributed by atoms with Crippen LogP contribution in [0.2, 0.25) is 5.02 Å². The van der Waals surface area contributed by atoms with Gasteiger partial charge in [0.2, 0.25) is 0 Å². The maximum atomic E-state index is 12.2. The molecule has 1 aliphatic rings. The van der Waals surface area contributed by atoms with Crippen LogP contribution in [-0.2, 0) is 16.1 Å². The van der Waals surface area contributed by atoms with Crippen molar-refractivity contribution >= 4 is 29.0 Å². The number of anilines is 1. The zero-order valence-corrected chi connectivity index (χ0v) is 13.2. The lowest BCUT2D eigenvalue weighted by Crippen LogP contribution is -2.32. The van der Waals surface area contributed by atoms with Crippen LogP contribution in [0.4, 0.5) is 5.69 Å². The molecule has 0 aromatic heterocycles. The second-order valence-corrected chi connectivity index (χ2v) is 5.62. The minimum atomic E-state index is -0.150. The first-order valence-corrected chi connectivity index (χ1v) is 7.62. The number of hydrogen-bond donors (Lipinski definition) is 1. The molecule has 2 aromatic carbocycles. The molecular weight excluding hydrogens is 314 g/mol. The highest BCUT2D eigenvalue weighted by molar-refractivity contribution is 6.30. The number of oxime groups is 1. The number of amides is 1. The fraction of sp³-hybridized carbons (Fsp3) is 0.176. The van der Waals surface area contributed by atoms with E-state index in [0.717, 1.165) is 12.1 Å². The van der Waals surface area contributed by atoms with Gasteiger partial charge >= 0.3 is 0 Å². The van der Waals surface area contributed by atoms with Crippen molar-refractivity contribution in [3.8, 4) is 0 Å². The average Bonchev–Trinajstić information content (AvgIpc) is 2.99. The van der Waals surface area contributed by atoms with Crippen LogP contribution in [0, 0.1) is 0 Å². The standard InChI is InChI=1S/C17H16ClN3O2/c18-14-7-5-13(6-8-14)17(19)20-23-11-16(22)21-10-9-12-3-1-2-4-15(12)21/h1-8H,9-11H2,(H2,19,20). The molecule has 0 saturated heterocycles. The molecule has 3 rings (SSSR count). The van der Waals surface area contributed by atoms with Crippen molar-refractivity contribution in [2.75, 3.05) is 18.1 Å². The van der Waals surface area contributed by atoms with Crippen LogP contribution >= 0.6 is 11.6 Å². The van der Waals surface area contributed by atoms with E-state index in [9.17, 15) is 4.79 Å². The Labute approximate surface area is 139 Å². The molecule has 0 bridgehead atoms. The monoisotopic (exact) mass is 329 g/mol. The number of amidine groups is 1. The smallest absolute Gasteiger partial charge is 0.267 e. The van der Waals surface area contributed by atoms with Crippen LogP contribution in [0.3, 0.4) is 0 Å². The molecule has 0 aliphatic carbocycles. The summed E-state index contributed by atoms with van der Waals surface area (Å²) in [6, 6.07) is 14.8. The predicted octanol–water partition coefficient (Wildman–Crippen LogP) is 2.57. The average molecular weight is 330 g/mol. The molecule has 2 aromatic rings. The van der Waals surface area contributed by atoms with Crippen LogP contribution in [0.1, 0.15) is 11.1 Å². The molecule has 0 saturated carbocycles. The Kier molecular flexibility index (Phi) is 4.48. The fourth-order valence-corrected chi connectivity index (χ4v) is 2.63. The molecule has 0 radical (unpaired) electrons. The Morgan fingerprint density at radius 2 is 1.96 bits per heavy atom. The summed E-state index contributed by atoms with van der Waals surface area (Å²) in [6.07, 6.45) is 0.859. The molecule has 2 N–H and O–H groups in total. The third-order valence-electron chi connectivity index (χ3n) is 3.68. The van der Waals surface area contributed by atoms with E-state index in [0.29, 0.717) is 17.1 Å². The largest absolute Gasteiger partial charge is 0.384 e. The Hall–Kier alpha value is -2.53. The number of para-hydroxylation sites is 1. The summed E-state index contributed by atoms with van der Waals surface area (Å²) < 4.78 is 0. The number of nitrogens with zero attached hydrogens (tertiary/aromatic N) is 2. The number of carbonyl (C=O) groups is 1. The summed E-state index contributed by atoms with van der Waals surface area (Å²) in [6.45, 7) is 0.514. The summed E-state index contributed by atoms with van der Waals surface area (Å²) in [7, 11) is 0. The fourth-order valence-electron chi connectivity index (χ4n) is 2.51. The predicted molar refractivity (Wildman–Crippen MR) is 90.6 cm³/mol. The van der Waals surface area contributed by atoms with Gasteiger partial charge in [0.1, 0.15) is 0 Å². The van der Waals surface area contributed by atoms with Crippen LogP contribution < -0.4 is 10.6 Å². The van der Waals surface area contributed by atoms with E-state index in [4.69, 9.17) is 22.2 Å². The topological polar surface area (TPSA) is 67.9 Å². The number of benzene rings is 2. The van der Waals surface area contributed by atoms with Gasteiger partial charge in [-0.15, -0.1) is 0 Å². The third kappa shape index (κ3) is 3.46.